The Labute approximate surface area is 198 Å². The van der Waals surface area contributed by atoms with Gasteiger partial charge in [0.25, 0.3) is 10.0 Å². The highest BCUT2D eigenvalue weighted by molar-refractivity contribution is 8.00. The summed E-state index contributed by atoms with van der Waals surface area (Å²) >= 11 is 6.73. The maximum atomic E-state index is 13.1. The summed E-state index contributed by atoms with van der Waals surface area (Å²) in [7, 11) is -3.74. The molecular formula is C22H18ClF3N2O3S2. The predicted molar refractivity (Wildman–Crippen MR) is 124 cm³/mol. The average molecular weight is 515 g/mol. The number of anilines is 2. The van der Waals surface area contributed by atoms with Gasteiger partial charge < -0.3 is 5.32 Å². The van der Waals surface area contributed by atoms with E-state index in [-0.39, 0.29) is 21.4 Å². The molecule has 174 valence electrons. The molecule has 3 aromatic rings. The molecule has 3 rings (SSSR count). The molecule has 0 heterocycles. The Bertz CT molecular complexity index is 1250. The van der Waals surface area contributed by atoms with Gasteiger partial charge in [-0.05, 0) is 61.5 Å². The summed E-state index contributed by atoms with van der Waals surface area (Å²) in [6.07, 6.45) is -4.66. The van der Waals surface area contributed by atoms with Crippen LogP contribution in [0, 0.1) is 6.92 Å². The molecule has 0 aliphatic rings. The molecule has 0 fully saturated rings. The van der Waals surface area contributed by atoms with Gasteiger partial charge in [0.05, 0.1) is 21.9 Å². The molecule has 3 aromatic carbocycles. The standard InChI is InChI=1S/C22H18ClF3N2O3S2/c1-14-2-9-18(10-3-14)33(30,31)28-16-5-7-17(8-6-16)32-13-21(29)27-20-11-4-15(23)12-19(20)22(24,25)26/h2-12,28H,13H2,1H3,(H,27,29). The van der Waals surface area contributed by atoms with E-state index in [4.69, 9.17) is 11.6 Å². The number of aryl methyl sites for hydroxylation is 1. The summed E-state index contributed by atoms with van der Waals surface area (Å²) in [6, 6.07) is 15.8. The Kier molecular flexibility index (Phi) is 7.61. The van der Waals surface area contributed by atoms with E-state index in [1.165, 1.54) is 30.3 Å². The van der Waals surface area contributed by atoms with Crippen molar-refractivity contribution in [3.8, 4) is 0 Å². The molecule has 0 aliphatic carbocycles. The van der Waals surface area contributed by atoms with Crippen molar-refractivity contribution in [2.24, 2.45) is 0 Å². The first-order valence-corrected chi connectivity index (χ1v) is 12.3. The lowest BCUT2D eigenvalue weighted by Crippen LogP contribution is -2.18. The lowest BCUT2D eigenvalue weighted by Gasteiger charge is -2.14. The number of rotatable bonds is 7. The molecule has 0 saturated heterocycles. The maximum Gasteiger partial charge on any atom is 0.418 e. The zero-order valence-electron chi connectivity index (χ0n) is 17.1. The van der Waals surface area contributed by atoms with Crippen molar-refractivity contribution >= 4 is 50.7 Å². The number of sulfonamides is 1. The minimum absolute atomic E-state index is 0.0900. The number of hydrogen-bond acceptors (Lipinski definition) is 4. The van der Waals surface area contributed by atoms with Crippen LogP contribution in [0.4, 0.5) is 24.5 Å². The van der Waals surface area contributed by atoms with E-state index in [0.29, 0.717) is 10.6 Å². The topological polar surface area (TPSA) is 75.3 Å². The molecule has 0 unspecified atom stereocenters. The quantitative estimate of drug-likeness (QED) is 0.368. The lowest BCUT2D eigenvalue weighted by atomic mass is 10.1. The van der Waals surface area contributed by atoms with Crippen LogP contribution in [0.5, 0.6) is 0 Å². The van der Waals surface area contributed by atoms with Crippen LogP contribution in [0.1, 0.15) is 11.1 Å². The molecule has 1 amide bonds. The van der Waals surface area contributed by atoms with Crippen molar-refractivity contribution in [3.63, 3.8) is 0 Å². The molecule has 0 atom stereocenters. The van der Waals surface area contributed by atoms with Crippen molar-refractivity contribution in [1.29, 1.82) is 0 Å². The summed E-state index contributed by atoms with van der Waals surface area (Å²) in [6.45, 7) is 1.85. The number of hydrogen-bond donors (Lipinski definition) is 2. The summed E-state index contributed by atoms with van der Waals surface area (Å²) in [5.41, 5.74) is -0.137. The summed E-state index contributed by atoms with van der Waals surface area (Å²) in [4.78, 5) is 12.9. The van der Waals surface area contributed by atoms with E-state index >= 15 is 0 Å². The smallest absolute Gasteiger partial charge is 0.325 e. The molecular weight excluding hydrogens is 497 g/mol. The van der Waals surface area contributed by atoms with Gasteiger partial charge in [0.1, 0.15) is 0 Å². The van der Waals surface area contributed by atoms with Crippen LogP contribution in [-0.4, -0.2) is 20.1 Å². The monoisotopic (exact) mass is 514 g/mol. The van der Waals surface area contributed by atoms with Gasteiger partial charge in [-0.3, -0.25) is 9.52 Å². The van der Waals surface area contributed by atoms with Crippen LogP contribution in [-0.2, 0) is 21.0 Å². The van der Waals surface area contributed by atoms with Gasteiger partial charge in [0, 0.05) is 15.6 Å². The molecule has 5 nitrogen and oxygen atoms in total. The van der Waals surface area contributed by atoms with Gasteiger partial charge in [-0.2, -0.15) is 13.2 Å². The molecule has 2 N–H and O–H groups in total. The Hall–Kier alpha value is -2.69. The number of halogens is 4. The van der Waals surface area contributed by atoms with Crippen LogP contribution in [0.2, 0.25) is 5.02 Å². The molecule has 0 saturated carbocycles. The number of alkyl halides is 3. The SMILES string of the molecule is Cc1ccc(S(=O)(=O)Nc2ccc(SCC(=O)Nc3ccc(Cl)cc3C(F)(F)F)cc2)cc1. The molecule has 11 heteroatoms. The third-order valence-electron chi connectivity index (χ3n) is 4.37. The van der Waals surface area contributed by atoms with Crippen molar-refractivity contribution in [2.75, 3.05) is 15.8 Å². The lowest BCUT2D eigenvalue weighted by molar-refractivity contribution is -0.137. The number of carbonyl (C=O) groups is 1. The minimum Gasteiger partial charge on any atom is -0.325 e. The largest absolute Gasteiger partial charge is 0.418 e. The maximum absolute atomic E-state index is 13.1. The number of amides is 1. The van der Waals surface area contributed by atoms with Crippen molar-refractivity contribution in [1.82, 2.24) is 0 Å². The number of carbonyl (C=O) groups excluding carboxylic acids is 1. The van der Waals surface area contributed by atoms with Crippen LogP contribution in [0.15, 0.2) is 76.5 Å². The molecule has 0 aliphatic heterocycles. The number of nitrogens with one attached hydrogen (secondary N) is 2. The van der Waals surface area contributed by atoms with Gasteiger partial charge in [-0.15, -0.1) is 11.8 Å². The van der Waals surface area contributed by atoms with Gasteiger partial charge in [0.15, 0.2) is 0 Å². The summed E-state index contributed by atoms with van der Waals surface area (Å²) < 4.78 is 66.8. The second kappa shape index (κ2) is 10.1. The molecule has 0 aromatic heterocycles. The number of benzene rings is 3. The third kappa shape index (κ3) is 6.89. The van der Waals surface area contributed by atoms with E-state index in [2.05, 4.69) is 10.0 Å². The molecule has 33 heavy (non-hydrogen) atoms. The zero-order valence-corrected chi connectivity index (χ0v) is 19.5. The van der Waals surface area contributed by atoms with Crippen LogP contribution in [0.3, 0.4) is 0 Å². The molecule has 0 spiro atoms. The highest BCUT2D eigenvalue weighted by atomic mass is 35.5. The molecule has 0 bridgehead atoms. The van der Waals surface area contributed by atoms with E-state index in [1.807, 2.05) is 6.92 Å². The molecule has 0 radical (unpaired) electrons. The fraction of sp³-hybridized carbons (Fsp3) is 0.136. The van der Waals surface area contributed by atoms with E-state index in [1.54, 1.807) is 24.3 Å². The van der Waals surface area contributed by atoms with E-state index in [0.717, 1.165) is 29.5 Å². The van der Waals surface area contributed by atoms with E-state index in [9.17, 15) is 26.4 Å². The number of thioether (sulfide) groups is 1. The minimum atomic E-state index is -4.66. The summed E-state index contributed by atoms with van der Waals surface area (Å²) in [5.74, 6) is -0.772. The third-order valence-corrected chi connectivity index (χ3v) is 7.01. The first-order valence-electron chi connectivity index (χ1n) is 9.43. The normalized spacial score (nSPS) is 11.8. The average Bonchev–Trinajstić information content (AvgIpc) is 2.74. The van der Waals surface area contributed by atoms with Gasteiger partial charge in [-0.25, -0.2) is 8.42 Å². The first kappa shape index (κ1) is 24.9. The second-order valence-electron chi connectivity index (χ2n) is 6.97. The fourth-order valence-corrected chi connectivity index (χ4v) is 4.68. The first-order chi connectivity index (χ1) is 15.4. The highest BCUT2D eigenvalue weighted by Crippen LogP contribution is 2.36. The Morgan fingerprint density at radius 3 is 2.24 bits per heavy atom. The summed E-state index contributed by atoms with van der Waals surface area (Å²) in [5, 5.41) is 2.16. The second-order valence-corrected chi connectivity index (χ2v) is 10.1. The zero-order chi connectivity index (χ0) is 24.2. The van der Waals surface area contributed by atoms with Gasteiger partial charge in [0.2, 0.25) is 5.91 Å². The van der Waals surface area contributed by atoms with Gasteiger partial charge >= 0.3 is 6.18 Å². The van der Waals surface area contributed by atoms with Crippen LogP contribution in [0.25, 0.3) is 0 Å². The van der Waals surface area contributed by atoms with Gasteiger partial charge in [-0.1, -0.05) is 29.3 Å². The van der Waals surface area contributed by atoms with E-state index < -0.39 is 27.7 Å². The van der Waals surface area contributed by atoms with Crippen molar-refractivity contribution in [2.45, 2.75) is 22.9 Å². The fourth-order valence-electron chi connectivity index (χ4n) is 2.75. The Morgan fingerprint density at radius 1 is 1.00 bits per heavy atom. The Morgan fingerprint density at radius 2 is 1.64 bits per heavy atom. The van der Waals surface area contributed by atoms with Crippen molar-refractivity contribution in [3.05, 3.63) is 82.9 Å². The Balaban J connectivity index is 1.60. The highest BCUT2D eigenvalue weighted by Gasteiger charge is 2.34. The van der Waals surface area contributed by atoms with Crippen LogP contribution < -0.4 is 10.0 Å². The van der Waals surface area contributed by atoms with Crippen LogP contribution >= 0.6 is 23.4 Å². The predicted octanol–water partition coefficient (Wildman–Crippen LogP) is 6.20. The van der Waals surface area contributed by atoms with Crippen molar-refractivity contribution < 1.29 is 26.4 Å².